The summed E-state index contributed by atoms with van der Waals surface area (Å²) in [4.78, 5) is 10.8. The average Bonchev–Trinajstić information content (AvgIpc) is 2.83. The maximum absolute atomic E-state index is 10.8. The van der Waals surface area contributed by atoms with Crippen LogP contribution in [0.1, 0.15) is 28.9 Å². The van der Waals surface area contributed by atoms with Gasteiger partial charge in [0.25, 0.3) is 0 Å². The highest BCUT2D eigenvalue weighted by Gasteiger charge is 2.17. The van der Waals surface area contributed by atoms with E-state index in [1.165, 1.54) is 6.07 Å². The molecule has 0 aliphatic carbocycles. The first-order valence-corrected chi connectivity index (χ1v) is 5.42. The van der Waals surface area contributed by atoms with Crippen molar-refractivity contribution in [1.82, 2.24) is 9.78 Å². The lowest BCUT2D eigenvalue weighted by atomic mass is 10.1. The Morgan fingerprint density at radius 1 is 1.47 bits per heavy atom. The van der Waals surface area contributed by atoms with Crippen LogP contribution in [0.5, 0.6) is 0 Å². The molecule has 0 radical (unpaired) electrons. The molecule has 0 spiro atoms. The molecule has 0 aliphatic heterocycles. The van der Waals surface area contributed by atoms with E-state index in [1.54, 1.807) is 6.07 Å². The Morgan fingerprint density at radius 3 is 2.65 bits per heavy atom. The quantitative estimate of drug-likeness (QED) is 0.885. The number of aromatic nitrogens is 2. The summed E-state index contributed by atoms with van der Waals surface area (Å²) in [5.74, 6) is -0.561. The molecule has 0 fully saturated rings. The van der Waals surface area contributed by atoms with Crippen LogP contribution in [0, 0.1) is 13.8 Å². The van der Waals surface area contributed by atoms with E-state index in [0.29, 0.717) is 5.76 Å². The second-order valence-electron chi connectivity index (χ2n) is 3.83. The largest absolute Gasteiger partial charge is 0.475 e. The van der Waals surface area contributed by atoms with E-state index in [0.717, 1.165) is 23.5 Å². The van der Waals surface area contributed by atoms with E-state index in [9.17, 15) is 4.79 Å². The molecule has 0 aromatic carbocycles. The Labute approximate surface area is 98.7 Å². The molecule has 2 aromatic rings. The molecule has 0 bridgehead atoms. The fourth-order valence-corrected chi connectivity index (χ4v) is 1.95. The van der Waals surface area contributed by atoms with Gasteiger partial charge in [-0.15, -0.1) is 0 Å². The van der Waals surface area contributed by atoms with Gasteiger partial charge in [-0.25, -0.2) is 4.79 Å². The summed E-state index contributed by atoms with van der Waals surface area (Å²) in [6, 6.07) is 3.13. The third kappa shape index (κ3) is 1.84. The van der Waals surface area contributed by atoms with Gasteiger partial charge >= 0.3 is 5.97 Å². The number of carboxylic acids is 1. The number of hydrogen-bond donors (Lipinski definition) is 1. The minimum Gasteiger partial charge on any atom is -0.475 e. The molecule has 0 saturated heterocycles. The van der Waals surface area contributed by atoms with Crippen LogP contribution in [0.2, 0.25) is 0 Å². The zero-order valence-electron chi connectivity index (χ0n) is 10.0. The number of aryl methyl sites for hydroxylation is 2. The third-order valence-corrected chi connectivity index (χ3v) is 2.74. The van der Waals surface area contributed by atoms with Gasteiger partial charge < -0.3 is 9.52 Å². The van der Waals surface area contributed by atoms with Crippen LogP contribution in [0.3, 0.4) is 0 Å². The van der Waals surface area contributed by atoms with Gasteiger partial charge in [0.2, 0.25) is 5.76 Å². The lowest BCUT2D eigenvalue weighted by Gasteiger charge is -1.99. The van der Waals surface area contributed by atoms with Gasteiger partial charge in [0, 0.05) is 12.2 Å². The molecule has 0 amide bonds. The molecule has 90 valence electrons. The molecule has 5 heteroatoms. The van der Waals surface area contributed by atoms with Crippen LogP contribution < -0.4 is 0 Å². The highest BCUT2D eigenvalue weighted by atomic mass is 16.4. The van der Waals surface area contributed by atoms with Crippen molar-refractivity contribution in [2.45, 2.75) is 27.3 Å². The van der Waals surface area contributed by atoms with E-state index in [1.807, 2.05) is 25.5 Å². The number of aromatic carboxylic acids is 1. The van der Waals surface area contributed by atoms with Gasteiger partial charge in [-0.05, 0) is 32.9 Å². The lowest BCUT2D eigenvalue weighted by Crippen LogP contribution is -1.98. The van der Waals surface area contributed by atoms with Gasteiger partial charge in [-0.3, -0.25) is 4.68 Å². The van der Waals surface area contributed by atoms with Gasteiger partial charge in [0.15, 0.2) is 0 Å². The number of rotatable bonds is 3. The summed E-state index contributed by atoms with van der Waals surface area (Å²) in [7, 11) is 0. The number of furan rings is 1. The van der Waals surface area contributed by atoms with Gasteiger partial charge in [-0.1, -0.05) is 0 Å². The zero-order valence-corrected chi connectivity index (χ0v) is 10.0. The minimum absolute atomic E-state index is 0.0527. The van der Waals surface area contributed by atoms with Crippen LogP contribution >= 0.6 is 0 Å². The molecule has 0 atom stereocenters. The zero-order chi connectivity index (χ0) is 12.6. The van der Waals surface area contributed by atoms with Crippen molar-refractivity contribution in [2.24, 2.45) is 0 Å². The van der Waals surface area contributed by atoms with Gasteiger partial charge in [0.1, 0.15) is 5.76 Å². The van der Waals surface area contributed by atoms with Crippen molar-refractivity contribution < 1.29 is 14.3 Å². The highest BCUT2D eigenvalue weighted by Crippen LogP contribution is 2.28. The van der Waals surface area contributed by atoms with Crippen molar-refractivity contribution in [1.29, 1.82) is 0 Å². The molecule has 17 heavy (non-hydrogen) atoms. The summed E-state index contributed by atoms with van der Waals surface area (Å²) in [5.41, 5.74) is 2.70. The van der Waals surface area contributed by atoms with E-state index < -0.39 is 5.97 Å². The number of nitrogens with zero attached hydrogens (tertiary/aromatic N) is 2. The molecule has 1 N–H and O–H groups in total. The molecular weight excluding hydrogens is 220 g/mol. The second-order valence-corrected chi connectivity index (χ2v) is 3.83. The van der Waals surface area contributed by atoms with E-state index >= 15 is 0 Å². The summed E-state index contributed by atoms with van der Waals surface area (Å²) in [6.45, 7) is 6.62. The maximum atomic E-state index is 10.8. The normalized spacial score (nSPS) is 10.8. The van der Waals surface area contributed by atoms with Crippen LogP contribution in [0.4, 0.5) is 0 Å². The molecule has 5 nitrogen and oxygen atoms in total. The maximum Gasteiger partial charge on any atom is 0.371 e. The van der Waals surface area contributed by atoms with E-state index in [-0.39, 0.29) is 5.76 Å². The predicted octanol–water partition coefficient (Wildman–Crippen LogP) is 2.48. The van der Waals surface area contributed by atoms with E-state index in [4.69, 9.17) is 9.52 Å². The van der Waals surface area contributed by atoms with Crippen molar-refractivity contribution in [3.63, 3.8) is 0 Å². The predicted molar refractivity (Wildman–Crippen MR) is 62.0 cm³/mol. The topological polar surface area (TPSA) is 68.3 Å². The second kappa shape index (κ2) is 4.08. The minimum atomic E-state index is -1.06. The Morgan fingerprint density at radius 2 is 2.18 bits per heavy atom. The Hall–Kier alpha value is -2.04. The molecular formula is C12H14N2O3. The molecule has 0 unspecified atom stereocenters. The first-order valence-electron chi connectivity index (χ1n) is 5.42. The SMILES string of the molecule is CCn1nc(C)c(-c2ccc(C(=O)O)o2)c1C. The van der Waals surface area contributed by atoms with Crippen molar-refractivity contribution in [3.8, 4) is 11.3 Å². The molecule has 2 heterocycles. The monoisotopic (exact) mass is 234 g/mol. The summed E-state index contributed by atoms with van der Waals surface area (Å²) < 4.78 is 7.17. The van der Waals surface area contributed by atoms with Crippen LogP contribution in [0.25, 0.3) is 11.3 Å². The third-order valence-electron chi connectivity index (χ3n) is 2.74. The number of carboxylic acid groups (broad SMARTS) is 1. The summed E-state index contributed by atoms with van der Waals surface area (Å²) in [5, 5.41) is 13.2. The Bertz CT molecular complexity index is 566. The summed E-state index contributed by atoms with van der Waals surface area (Å²) in [6.07, 6.45) is 0. The lowest BCUT2D eigenvalue weighted by molar-refractivity contribution is 0.0663. The average molecular weight is 234 g/mol. The summed E-state index contributed by atoms with van der Waals surface area (Å²) >= 11 is 0. The van der Waals surface area contributed by atoms with Crippen molar-refractivity contribution >= 4 is 5.97 Å². The Kier molecular flexibility index (Phi) is 2.75. The van der Waals surface area contributed by atoms with Crippen molar-refractivity contribution in [3.05, 3.63) is 29.3 Å². The number of hydrogen-bond acceptors (Lipinski definition) is 3. The first kappa shape index (κ1) is 11.4. The molecule has 0 saturated carbocycles. The van der Waals surface area contributed by atoms with Gasteiger partial charge in [0.05, 0.1) is 11.3 Å². The fourth-order valence-electron chi connectivity index (χ4n) is 1.95. The van der Waals surface area contributed by atoms with Crippen LogP contribution in [-0.4, -0.2) is 20.9 Å². The number of carbonyl (C=O) groups is 1. The van der Waals surface area contributed by atoms with E-state index in [2.05, 4.69) is 5.10 Å². The standard InChI is InChI=1S/C12H14N2O3/c1-4-14-8(3)11(7(2)13-14)9-5-6-10(17-9)12(15)16/h5-6H,4H2,1-3H3,(H,15,16). The fraction of sp³-hybridized carbons (Fsp3) is 0.333. The highest BCUT2D eigenvalue weighted by molar-refractivity contribution is 5.85. The first-order chi connectivity index (χ1) is 8.04. The van der Waals surface area contributed by atoms with Crippen LogP contribution in [0.15, 0.2) is 16.5 Å². The smallest absolute Gasteiger partial charge is 0.371 e. The molecule has 2 aromatic heterocycles. The van der Waals surface area contributed by atoms with Crippen molar-refractivity contribution in [2.75, 3.05) is 0 Å². The van der Waals surface area contributed by atoms with Crippen LogP contribution in [-0.2, 0) is 6.54 Å². The van der Waals surface area contributed by atoms with Gasteiger partial charge in [-0.2, -0.15) is 5.10 Å². The molecule has 2 rings (SSSR count). The Balaban J connectivity index is 2.52. The molecule has 0 aliphatic rings.